The van der Waals surface area contributed by atoms with Crippen LogP contribution in [0.4, 0.5) is 0 Å². The summed E-state index contributed by atoms with van der Waals surface area (Å²) in [5, 5.41) is 2.80. The predicted octanol–water partition coefficient (Wildman–Crippen LogP) is 1.64. The maximum absolute atomic E-state index is 3.61. The zero-order chi connectivity index (χ0) is 10.2. The lowest BCUT2D eigenvalue weighted by atomic mass is 10.2. The van der Waals surface area contributed by atoms with Crippen LogP contribution in [0, 0.1) is 13.8 Å². The van der Waals surface area contributed by atoms with Crippen molar-refractivity contribution in [2.45, 2.75) is 33.5 Å². The second-order valence-electron chi connectivity index (χ2n) is 4.73. The van der Waals surface area contributed by atoms with Gasteiger partial charge in [0.1, 0.15) is 0 Å². The third-order valence-electron chi connectivity index (χ3n) is 2.38. The summed E-state index contributed by atoms with van der Waals surface area (Å²) in [5.74, 6) is 0. The molecule has 0 atom stereocenters. The zero-order valence-electron chi connectivity index (χ0n) is 9.15. The van der Waals surface area contributed by atoms with Crippen molar-refractivity contribution in [1.29, 1.82) is 0 Å². The second-order valence-corrected chi connectivity index (χ2v) is 10.3. The third kappa shape index (κ3) is 2.32. The number of rotatable bonds is 1. The molecule has 13 heavy (non-hydrogen) atoms. The highest BCUT2D eigenvalue weighted by Crippen LogP contribution is 2.06. The Bertz CT molecular complexity index is 322. The van der Waals surface area contributed by atoms with Gasteiger partial charge >= 0.3 is 0 Å². The van der Waals surface area contributed by atoms with Crippen LogP contribution in [0.25, 0.3) is 0 Å². The molecule has 0 N–H and O–H groups in total. The molecule has 1 rings (SSSR count). The van der Waals surface area contributed by atoms with Crippen molar-refractivity contribution >= 4 is 28.7 Å². The molecular weight excluding hydrogens is 188 g/mol. The van der Waals surface area contributed by atoms with Gasteiger partial charge in [0.25, 0.3) is 0 Å². The molecule has 0 amide bonds. The van der Waals surface area contributed by atoms with Crippen molar-refractivity contribution in [3.8, 4) is 0 Å². The smallest absolute Gasteiger partial charge is 0.0656 e. The van der Waals surface area contributed by atoms with Gasteiger partial charge in [0.05, 0.1) is 18.3 Å². The van der Waals surface area contributed by atoms with E-state index >= 15 is 0 Å². The Labute approximate surface area is 85.8 Å². The van der Waals surface area contributed by atoms with Crippen LogP contribution in [-0.4, -0.2) is 18.3 Å². The first-order valence-electron chi connectivity index (χ1n) is 4.65. The summed E-state index contributed by atoms with van der Waals surface area (Å²) in [7, 11) is 2.46. The number of hydrogen-bond donors (Lipinski definition) is 0. The minimum Gasteiger partial charge on any atom is -0.0656 e. The minimum absolute atomic E-state index is 1.15. The van der Waals surface area contributed by atoms with Crippen LogP contribution >= 0.6 is 0 Å². The van der Waals surface area contributed by atoms with Crippen LogP contribution in [0.2, 0.25) is 19.6 Å². The van der Waals surface area contributed by atoms with E-state index in [0.717, 1.165) is 0 Å². The monoisotopic (exact) mass is 205 g/mol. The number of aryl methyl sites for hydroxylation is 2. The molecule has 0 nitrogen and oxygen atoms in total. The summed E-state index contributed by atoms with van der Waals surface area (Å²) in [4.78, 5) is 0. The molecule has 0 fully saturated rings. The summed E-state index contributed by atoms with van der Waals surface area (Å²) in [6, 6.07) is 4.57. The first-order chi connectivity index (χ1) is 5.82. The Morgan fingerprint density at radius 2 is 1.54 bits per heavy atom. The predicted molar refractivity (Wildman–Crippen MR) is 64.3 cm³/mol. The first kappa shape index (κ1) is 10.7. The number of benzene rings is 1. The second kappa shape index (κ2) is 3.42. The fourth-order valence-electron chi connectivity index (χ4n) is 1.62. The average molecular weight is 205 g/mol. The molecule has 3 radical (unpaired) electrons. The Morgan fingerprint density at radius 1 is 1.00 bits per heavy atom. The maximum atomic E-state index is 3.61. The molecule has 0 aliphatic rings. The molecular formula is C11H17Si2. The van der Waals surface area contributed by atoms with Gasteiger partial charge in [0, 0.05) is 0 Å². The highest BCUT2D eigenvalue weighted by atomic mass is 28.3. The van der Waals surface area contributed by atoms with Crippen molar-refractivity contribution in [2.75, 3.05) is 0 Å². The van der Waals surface area contributed by atoms with Crippen LogP contribution in [0.15, 0.2) is 12.1 Å². The van der Waals surface area contributed by atoms with Crippen molar-refractivity contribution < 1.29 is 0 Å². The molecule has 2 heteroatoms. The van der Waals surface area contributed by atoms with Crippen LogP contribution in [0.5, 0.6) is 0 Å². The quantitative estimate of drug-likeness (QED) is 0.612. The SMILES string of the molecule is Cc1cc([Si](C)(C)C)c(C)cc1[Si]. The highest BCUT2D eigenvalue weighted by molar-refractivity contribution is 6.89. The molecule has 69 valence electrons. The van der Waals surface area contributed by atoms with E-state index in [1.807, 2.05) is 0 Å². The van der Waals surface area contributed by atoms with Gasteiger partial charge in [-0.1, -0.05) is 53.3 Å². The Hall–Kier alpha value is -0.346. The van der Waals surface area contributed by atoms with Crippen molar-refractivity contribution in [1.82, 2.24) is 0 Å². The fraction of sp³-hybridized carbons (Fsp3) is 0.455. The standard InChI is InChI=1S/C11H17Si2/c1-8-7-11(13(3,4)5)9(2)6-10(8)12/h6-7H,1-5H3. The van der Waals surface area contributed by atoms with Gasteiger partial charge in [0.2, 0.25) is 0 Å². The van der Waals surface area contributed by atoms with Gasteiger partial charge in [0.15, 0.2) is 0 Å². The molecule has 0 saturated heterocycles. The van der Waals surface area contributed by atoms with E-state index in [1.54, 1.807) is 5.19 Å². The largest absolute Gasteiger partial charge is 0.0779 e. The Balaban J connectivity index is 3.32. The molecule has 0 heterocycles. The Kier molecular flexibility index (Phi) is 2.83. The summed E-state index contributed by atoms with van der Waals surface area (Å²) in [6.45, 7) is 11.5. The molecule has 0 bridgehead atoms. The van der Waals surface area contributed by atoms with Gasteiger partial charge in [-0.05, 0) is 13.8 Å². The molecule has 1 aromatic carbocycles. The van der Waals surface area contributed by atoms with Crippen molar-refractivity contribution in [3.63, 3.8) is 0 Å². The Morgan fingerprint density at radius 3 is 2.00 bits per heavy atom. The summed E-state index contributed by atoms with van der Waals surface area (Å²) in [5.41, 5.74) is 2.77. The van der Waals surface area contributed by atoms with Crippen LogP contribution < -0.4 is 10.4 Å². The molecule has 0 aliphatic heterocycles. The van der Waals surface area contributed by atoms with E-state index in [9.17, 15) is 0 Å². The number of hydrogen-bond acceptors (Lipinski definition) is 0. The fourth-order valence-corrected chi connectivity index (χ4v) is 3.82. The van der Waals surface area contributed by atoms with Gasteiger partial charge in [-0.15, -0.1) is 0 Å². The lowest BCUT2D eigenvalue weighted by Gasteiger charge is -2.21. The average Bonchev–Trinajstić information content (AvgIpc) is 1.94. The van der Waals surface area contributed by atoms with E-state index in [2.05, 4.69) is 55.9 Å². The highest BCUT2D eigenvalue weighted by Gasteiger charge is 2.18. The molecule has 0 saturated carbocycles. The van der Waals surface area contributed by atoms with Crippen molar-refractivity contribution in [2.24, 2.45) is 0 Å². The maximum Gasteiger partial charge on any atom is 0.0779 e. The molecule has 0 spiro atoms. The first-order valence-corrected chi connectivity index (χ1v) is 8.65. The van der Waals surface area contributed by atoms with E-state index in [0.29, 0.717) is 0 Å². The van der Waals surface area contributed by atoms with Crippen LogP contribution in [0.3, 0.4) is 0 Å². The summed E-state index contributed by atoms with van der Waals surface area (Å²) >= 11 is 0. The van der Waals surface area contributed by atoms with Gasteiger partial charge in [-0.2, -0.15) is 0 Å². The van der Waals surface area contributed by atoms with Crippen LogP contribution in [0.1, 0.15) is 11.1 Å². The molecule has 0 aliphatic carbocycles. The zero-order valence-corrected chi connectivity index (χ0v) is 11.2. The lowest BCUT2D eigenvalue weighted by Crippen LogP contribution is -2.40. The lowest BCUT2D eigenvalue weighted by molar-refractivity contribution is 1.45. The van der Waals surface area contributed by atoms with Crippen LogP contribution in [-0.2, 0) is 0 Å². The minimum atomic E-state index is -1.15. The third-order valence-corrected chi connectivity index (χ3v) is 5.07. The van der Waals surface area contributed by atoms with E-state index < -0.39 is 8.07 Å². The van der Waals surface area contributed by atoms with E-state index in [1.165, 1.54) is 16.3 Å². The topological polar surface area (TPSA) is 0 Å². The molecule has 0 unspecified atom stereocenters. The molecule has 0 aromatic heterocycles. The van der Waals surface area contributed by atoms with E-state index in [4.69, 9.17) is 0 Å². The van der Waals surface area contributed by atoms with Gasteiger partial charge in [-0.3, -0.25) is 0 Å². The normalized spacial score (nSPS) is 11.8. The van der Waals surface area contributed by atoms with E-state index in [-0.39, 0.29) is 0 Å². The summed E-state index contributed by atoms with van der Waals surface area (Å²) < 4.78 is 0. The van der Waals surface area contributed by atoms with Crippen molar-refractivity contribution in [3.05, 3.63) is 23.3 Å². The van der Waals surface area contributed by atoms with Gasteiger partial charge < -0.3 is 0 Å². The molecule has 1 aromatic rings. The van der Waals surface area contributed by atoms with Gasteiger partial charge in [-0.25, -0.2) is 0 Å². The summed E-state index contributed by atoms with van der Waals surface area (Å²) in [6.07, 6.45) is 0.